The Hall–Kier alpha value is -3.19. The summed E-state index contributed by atoms with van der Waals surface area (Å²) in [7, 11) is -3.84. The predicted molar refractivity (Wildman–Crippen MR) is 118 cm³/mol. The molecule has 0 radical (unpaired) electrons. The molecule has 2 atom stereocenters. The van der Waals surface area contributed by atoms with Gasteiger partial charge in [0, 0.05) is 11.6 Å². The third-order valence-corrected chi connectivity index (χ3v) is 7.45. The van der Waals surface area contributed by atoms with E-state index in [4.69, 9.17) is 0 Å². The highest BCUT2D eigenvalue weighted by atomic mass is 32.2. The molecule has 4 rings (SSSR count). The van der Waals surface area contributed by atoms with Crippen LogP contribution in [0.3, 0.4) is 0 Å². The average molecular weight is 439 g/mol. The molecule has 0 aromatic heterocycles. The van der Waals surface area contributed by atoms with Crippen molar-refractivity contribution in [2.75, 3.05) is 4.31 Å². The van der Waals surface area contributed by atoms with Crippen molar-refractivity contribution < 1.29 is 17.6 Å². The van der Waals surface area contributed by atoms with Crippen LogP contribution in [0.2, 0.25) is 0 Å². The largest absolute Gasteiger partial charge is 0.346 e. The zero-order valence-corrected chi connectivity index (χ0v) is 18.1. The van der Waals surface area contributed by atoms with Crippen molar-refractivity contribution in [2.45, 2.75) is 37.2 Å². The van der Waals surface area contributed by atoms with E-state index in [9.17, 15) is 17.6 Å². The third kappa shape index (κ3) is 4.05. The number of anilines is 1. The summed E-state index contributed by atoms with van der Waals surface area (Å²) in [6.07, 6.45) is 0.491. The first kappa shape index (κ1) is 21.1. The van der Waals surface area contributed by atoms with Crippen molar-refractivity contribution in [3.63, 3.8) is 0 Å². The molecule has 31 heavy (non-hydrogen) atoms. The summed E-state index contributed by atoms with van der Waals surface area (Å²) in [5, 5.41) is 2.98. The molecule has 3 aromatic carbocycles. The molecule has 1 aliphatic rings. The van der Waals surface area contributed by atoms with E-state index >= 15 is 0 Å². The number of fused-ring (bicyclic) bond motifs is 1. The van der Waals surface area contributed by atoms with Gasteiger partial charge in [0.15, 0.2) is 0 Å². The topological polar surface area (TPSA) is 66.5 Å². The summed E-state index contributed by atoms with van der Waals surface area (Å²) >= 11 is 0. The first-order valence-electron chi connectivity index (χ1n) is 10.1. The standard InChI is InChI=1S/C24H23FN2O3S/c1-16-14-20-15-19(24(28)26-17(2)18-6-4-3-5-7-18)8-13-23(20)27(16)31(29,30)22-11-9-21(25)10-12-22/h3-13,15-17H,14H2,1-2H3,(H,26,28)/t16-,17+/m1/s1. The number of sulfonamides is 1. The number of amides is 1. The van der Waals surface area contributed by atoms with Gasteiger partial charge in [0.25, 0.3) is 15.9 Å². The minimum atomic E-state index is -3.84. The Morgan fingerprint density at radius 1 is 1.06 bits per heavy atom. The Morgan fingerprint density at radius 2 is 1.74 bits per heavy atom. The molecule has 5 nitrogen and oxygen atoms in total. The molecule has 0 bridgehead atoms. The molecule has 1 heterocycles. The lowest BCUT2D eigenvalue weighted by Crippen LogP contribution is -2.35. The fourth-order valence-electron chi connectivity index (χ4n) is 3.94. The summed E-state index contributed by atoms with van der Waals surface area (Å²) in [5.74, 6) is -0.708. The van der Waals surface area contributed by atoms with Crippen molar-refractivity contribution in [1.82, 2.24) is 5.32 Å². The number of rotatable bonds is 5. The number of nitrogens with one attached hydrogen (secondary N) is 1. The van der Waals surface area contributed by atoms with Crippen LogP contribution in [0.4, 0.5) is 10.1 Å². The number of hydrogen-bond acceptors (Lipinski definition) is 3. The maximum absolute atomic E-state index is 13.2. The van der Waals surface area contributed by atoms with Gasteiger partial charge in [0.2, 0.25) is 0 Å². The van der Waals surface area contributed by atoms with Crippen molar-refractivity contribution in [3.05, 3.63) is 95.3 Å². The zero-order chi connectivity index (χ0) is 22.2. The second-order valence-corrected chi connectivity index (χ2v) is 9.57. The normalized spacial score (nSPS) is 16.6. The Balaban J connectivity index is 1.59. The van der Waals surface area contributed by atoms with Gasteiger partial charge in [-0.25, -0.2) is 12.8 Å². The van der Waals surface area contributed by atoms with E-state index in [0.717, 1.165) is 23.3 Å². The molecule has 160 valence electrons. The highest BCUT2D eigenvalue weighted by Crippen LogP contribution is 2.37. The first-order valence-corrected chi connectivity index (χ1v) is 11.5. The van der Waals surface area contributed by atoms with E-state index in [1.807, 2.05) is 44.2 Å². The molecule has 0 unspecified atom stereocenters. The first-order chi connectivity index (χ1) is 14.8. The van der Waals surface area contributed by atoms with Gasteiger partial charge in [-0.05, 0) is 73.9 Å². The molecule has 1 amide bonds. The quantitative estimate of drug-likeness (QED) is 0.640. The molecular formula is C24H23FN2O3S. The second kappa shape index (κ2) is 8.15. The second-order valence-electron chi connectivity index (χ2n) is 7.76. The molecule has 0 fully saturated rings. The van der Waals surface area contributed by atoms with E-state index in [2.05, 4.69) is 5.32 Å². The lowest BCUT2D eigenvalue weighted by Gasteiger charge is -2.24. The van der Waals surface area contributed by atoms with Crippen LogP contribution in [-0.4, -0.2) is 20.4 Å². The maximum atomic E-state index is 13.2. The predicted octanol–water partition coefficient (Wildman–Crippen LogP) is 4.46. The SMILES string of the molecule is C[C@H](NC(=O)c1ccc2c(c1)C[C@@H](C)N2S(=O)(=O)c1ccc(F)cc1)c1ccccc1. The van der Waals surface area contributed by atoms with E-state index in [0.29, 0.717) is 17.7 Å². The van der Waals surface area contributed by atoms with Gasteiger partial charge in [0.1, 0.15) is 5.82 Å². The molecule has 0 saturated heterocycles. The van der Waals surface area contributed by atoms with Gasteiger partial charge in [0.05, 0.1) is 16.6 Å². The van der Waals surface area contributed by atoms with Crippen LogP contribution < -0.4 is 9.62 Å². The van der Waals surface area contributed by atoms with Crippen molar-refractivity contribution in [1.29, 1.82) is 0 Å². The van der Waals surface area contributed by atoms with Crippen LogP contribution in [0.5, 0.6) is 0 Å². The fourth-order valence-corrected chi connectivity index (χ4v) is 5.63. The Kier molecular flexibility index (Phi) is 5.54. The zero-order valence-electron chi connectivity index (χ0n) is 17.2. The van der Waals surface area contributed by atoms with Crippen molar-refractivity contribution >= 4 is 21.6 Å². The lowest BCUT2D eigenvalue weighted by atomic mass is 10.0. The average Bonchev–Trinajstić information content (AvgIpc) is 3.10. The minimum Gasteiger partial charge on any atom is -0.346 e. The number of benzene rings is 3. The molecule has 0 aliphatic carbocycles. The van der Waals surface area contributed by atoms with E-state index in [-0.39, 0.29) is 22.9 Å². The minimum absolute atomic E-state index is 0.0344. The Labute approximate surface area is 181 Å². The van der Waals surface area contributed by atoms with Crippen LogP contribution in [-0.2, 0) is 16.4 Å². The van der Waals surface area contributed by atoms with Gasteiger partial charge >= 0.3 is 0 Å². The molecule has 3 aromatic rings. The number of nitrogens with zero attached hydrogens (tertiary/aromatic N) is 1. The molecule has 0 saturated carbocycles. The summed E-state index contributed by atoms with van der Waals surface area (Å²) < 4.78 is 40.9. The monoisotopic (exact) mass is 438 g/mol. The fraction of sp³-hybridized carbons (Fsp3) is 0.208. The highest BCUT2D eigenvalue weighted by Gasteiger charge is 2.36. The third-order valence-electron chi connectivity index (χ3n) is 5.51. The number of carbonyl (C=O) groups excluding carboxylic acids is 1. The van der Waals surface area contributed by atoms with Gasteiger partial charge < -0.3 is 5.32 Å². The number of hydrogen-bond donors (Lipinski definition) is 1. The van der Waals surface area contributed by atoms with Gasteiger partial charge in [-0.15, -0.1) is 0 Å². The summed E-state index contributed by atoms with van der Waals surface area (Å²) in [5.41, 5.74) is 2.82. The Morgan fingerprint density at radius 3 is 2.42 bits per heavy atom. The summed E-state index contributed by atoms with van der Waals surface area (Å²) in [4.78, 5) is 12.8. The van der Waals surface area contributed by atoms with Gasteiger partial charge in [-0.1, -0.05) is 30.3 Å². The van der Waals surface area contributed by atoms with Gasteiger partial charge in [-0.2, -0.15) is 0 Å². The number of carbonyl (C=O) groups is 1. The smallest absolute Gasteiger partial charge is 0.264 e. The van der Waals surface area contributed by atoms with Crippen LogP contribution >= 0.6 is 0 Å². The molecule has 1 aliphatic heterocycles. The van der Waals surface area contributed by atoms with Crippen molar-refractivity contribution in [2.24, 2.45) is 0 Å². The molecule has 1 N–H and O–H groups in total. The maximum Gasteiger partial charge on any atom is 0.264 e. The van der Waals surface area contributed by atoms with Crippen LogP contribution in [0, 0.1) is 5.82 Å². The number of halogens is 1. The Bertz CT molecular complexity index is 1210. The van der Waals surface area contributed by atoms with Crippen LogP contribution in [0.25, 0.3) is 0 Å². The van der Waals surface area contributed by atoms with Crippen LogP contribution in [0.1, 0.15) is 41.4 Å². The van der Waals surface area contributed by atoms with Crippen LogP contribution in [0.15, 0.2) is 77.7 Å². The summed E-state index contributed by atoms with van der Waals surface area (Å²) in [6, 6.07) is 19.1. The van der Waals surface area contributed by atoms with E-state index < -0.39 is 15.8 Å². The highest BCUT2D eigenvalue weighted by molar-refractivity contribution is 7.92. The van der Waals surface area contributed by atoms with E-state index in [1.54, 1.807) is 18.2 Å². The van der Waals surface area contributed by atoms with E-state index in [1.165, 1.54) is 16.4 Å². The van der Waals surface area contributed by atoms with Gasteiger partial charge in [-0.3, -0.25) is 9.10 Å². The summed E-state index contributed by atoms with van der Waals surface area (Å²) in [6.45, 7) is 3.73. The molecule has 0 spiro atoms. The molecule has 7 heteroatoms. The van der Waals surface area contributed by atoms with Crippen molar-refractivity contribution in [3.8, 4) is 0 Å². The lowest BCUT2D eigenvalue weighted by molar-refractivity contribution is 0.0940. The molecular weight excluding hydrogens is 415 g/mol.